The zero-order chi connectivity index (χ0) is 15.0. The van der Waals surface area contributed by atoms with Crippen LogP contribution in [0.1, 0.15) is 42.1 Å². The number of carbonyl (C=O) groups excluding carboxylic acids is 1. The van der Waals surface area contributed by atoms with Crippen LogP contribution in [0, 0.1) is 5.92 Å². The number of aromatic hydroxyl groups is 1. The van der Waals surface area contributed by atoms with Crippen LogP contribution in [0.25, 0.3) is 0 Å². The van der Waals surface area contributed by atoms with Gasteiger partial charge in [-0.05, 0) is 42.9 Å². The molecule has 1 aliphatic carbocycles. The second-order valence-electron chi connectivity index (χ2n) is 5.93. The van der Waals surface area contributed by atoms with Crippen LogP contribution < -0.4 is 0 Å². The van der Waals surface area contributed by atoms with E-state index in [0.29, 0.717) is 22.1 Å². The van der Waals surface area contributed by atoms with Crippen molar-refractivity contribution >= 4 is 29.3 Å². The van der Waals surface area contributed by atoms with Crippen molar-refractivity contribution in [2.24, 2.45) is 5.92 Å². The standard InChI is InChI=1S/C16H20O3S2/c1-16(19)10(9-14-20-6-3-7-21-14)8-13(18)15-11(16)4-2-5-12(15)17/h2,4-5,10,14,17,19H,3,6-9H2,1H3/t10-,16+/m1/s1. The maximum atomic E-state index is 12.4. The molecule has 0 radical (unpaired) electrons. The van der Waals surface area contributed by atoms with Gasteiger partial charge in [-0.3, -0.25) is 4.79 Å². The van der Waals surface area contributed by atoms with E-state index < -0.39 is 5.60 Å². The zero-order valence-electron chi connectivity index (χ0n) is 12.0. The Balaban J connectivity index is 1.89. The summed E-state index contributed by atoms with van der Waals surface area (Å²) in [6.45, 7) is 1.78. The predicted octanol–water partition coefficient (Wildman–Crippen LogP) is 3.39. The summed E-state index contributed by atoms with van der Waals surface area (Å²) in [5.41, 5.74) is -0.169. The summed E-state index contributed by atoms with van der Waals surface area (Å²) in [6, 6.07) is 4.97. The average molecular weight is 324 g/mol. The summed E-state index contributed by atoms with van der Waals surface area (Å²) in [4.78, 5) is 12.4. The van der Waals surface area contributed by atoms with Crippen molar-refractivity contribution in [1.82, 2.24) is 0 Å². The normalized spacial score (nSPS) is 30.2. The smallest absolute Gasteiger partial charge is 0.167 e. The highest BCUT2D eigenvalue weighted by Crippen LogP contribution is 2.47. The van der Waals surface area contributed by atoms with E-state index in [2.05, 4.69) is 0 Å². The Bertz CT molecular complexity index is 550. The number of benzene rings is 1. The molecule has 1 aliphatic heterocycles. The lowest BCUT2D eigenvalue weighted by atomic mass is 9.70. The highest BCUT2D eigenvalue weighted by molar-refractivity contribution is 8.17. The van der Waals surface area contributed by atoms with Crippen molar-refractivity contribution < 1.29 is 15.0 Å². The van der Waals surface area contributed by atoms with Gasteiger partial charge >= 0.3 is 0 Å². The molecular weight excluding hydrogens is 304 g/mol. The topological polar surface area (TPSA) is 57.5 Å². The minimum absolute atomic E-state index is 0.0161. The summed E-state index contributed by atoms with van der Waals surface area (Å²) < 4.78 is 0.460. The Morgan fingerprint density at radius 1 is 1.33 bits per heavy atom. The monoisotopic (exact) mass is 324 g/mol. The molecule has 2 aliphatic rings. The van der Waals surface area contributed by atoms with Gasteiger partial charge < -0.3 is 10.2 Å². The number of fused-ring (bicyclic) bond motifs is 1. The minimum atomic E-state index is -1.06. The largest absolute Gasteiger partial charge is 0.507 e. The number of thioether (sulfide) groups is 2. The number of Topliss-reactive ketones (excluding diaryl/α,β-unsaturated/α-hetero) is 1. The Hall–Kier alpha value is -0.650. The van der Waals surface area contributed by atoms with Gasteiger partial charge in [-0.1, -0.05) is 12.1 Å². The molecule has 1 saturated heterocycles. The van der Waals surface area contributed by atoms with Crippen molar-refractivity contribution in [3.63, 3.8) is 0 Å². The summed E-state index contributed by atoms with van der Waals surface area (Å²) in [5, 5.41) is 20.9. The van der Waals surface area contributed by atoms with Crippen molar-refractivity contribution in [3.8, 4) is 5.75 Å². The number of ketones is 1. The molecule has 0 saturated carbocycles. The number of rotatable bonds is 2. The molecule has 0 amide bonds. The Morgan fingerprint density at radius 2 is 2.05 bits per heavy atom. The van der Waals surface area contributed by atoms with E-state index in [1.165, 1.54) is 12.5 Å². The van der Waals surface area contributed by atoms with E-state index in [1.807, 2.05) is 23.5 Å². The fourth-order valence-corrected chi connectivity index (χ4v) is 6.25. The fourth-order valence-electron chi connectivity index (χ4n) is 3.22. The molecule has 5 heteroatoms. The van der Waals surface area contributed by atoms with Gasteiger partial charge in [0.2, 0.25) is 0 Å². The Labute approximate surface area is 133 Å². The van der Waals surface area contributed by atoms with E-state index in [4.69, 9.17) is 0 Å². The summed E-state index contributed by atoms with van der Waals surface area (Å²) in [7, 11) is 0. The van der Waals surface area contributed by atoms with Crippen LogP contribution in [0.15, 0.2) is 18.2 Å². The van der Waals surface area contributed by atoms with E-state index in [0.717, 1.165) is 17.9 Å². The first-order chi connectivity index (χ1) is 10.00. The number of hydrogen-bond acceptors (Lipinski definition) is 5. The van der Waals surface area contributed by atoms with Gasteiger partial charge in [0.15, 0.2) is 5.78 Å². The molecule has 0 bridgehead atoms. The van der Waals surface area contributed by atoms with Gasteiger partial charge in [0.05, 0.1) is 15.7 Å². The molecular formula is C16H20O3S2. The molecule has 1 fully saturated rings. The maximum absolute atomic E-state index is 12.4. The SMILES string of the molecule is C[C@@]1(O)c2cccc(O)c2C(=O)C[C@@H]1CC1SCCCS1. The highest BCUT2D eigenvalue weighted by atomic mass is 32.2. The molecule has 0 unspecified atom stereocenters. The second kappa shape index (κ2) is 5.86. The van der Waals surface area contributed by atoms with Crippen molar-refractivity contribution in [3.05, 3.63) is 29.3 Å². The van der Waals surface area contributed by atoms with Crippen molar-refractivity contribution in [1.29, 1.82) is 0 Å². The molecule has 1 heterocycles. The van der Waals surface area contributed by atoms with E-state index in [1.54, 1.807) is 19.1 Å². The Kier molecular flexibility index (Phi) is 4.26. The third-order valence-corrected chi connectivity index (χ3v) is 7.46. The fraction of sp³-hybridized carbons (Fsp3) is 0.562. The van der Waals surface area contributed by atoms with Crippen LogP contribution in [0.2, 0.25) is 0 Å². The molecule has 2 N–H and O–H groups in total. The van der Waals surface area contributed by atoms with Crippen LogP contribution in [0.4, 0.5) is 0 Å². The average Bonchev–Trinajstić information content (AvgIpc) is 2.46. The summed E-state index contributed by atoms with van der Waals surface area (Å²) >= 11 is 3.87. The first kappa shape index (κ1) is 15.3. The lowest BCUT2D eigenvalue weighted by molar-refractivity contribution is -0.0162. The van der Waals surface area contributed by atoms with Gasteiger partial charge in [-0.15, -0.1) is 23.5 Å². The molecule has 0 aromatic heterocycles. The lowest BCUT2D eigenvalue weighted by Crippen LogP contribution is -2.40. The van der Waals surface area contributed by atoms with Gasteiger partial charge in [0, 0.05) is 12.3 Å². The van der Waals surface area contributed by atoms with Crippen LogP contribution in [0.3, 0.4) is 0 Å². The first-order valence-corrected chi connectivity index (χ1v) is 9.41. The van der Waals surface area contributed by atoms with Crippen molar-refractivity contribution in [2.45, 2.75) is 36.4 Å². The third-order valence-electron chi connectivity index (χ3n) is 4.47. The maximum Gasteiger partial charge on any atom is 0.167 e. The van der Waals surface area contributed by atoms with E-state index in [9.17, 15) is 15.0 Å². The van der Waals surface area contributed by atoms with E-state index in [-0.39, 0.29) is 17.5 Å². The molecule has 3 rings (SSSR count). The second-order valence-corrected chi connectivity index (χ2v) is 8.85. The molecule has 21 heavy (non-hydrogen) atoms. The van der Waals surface area contributed by atoms with Gasteiger partial charge in [0.25, 0.3) is 0 Å². The molecule has 114 valence electrons. The van der Waals surface area contributed by atoms with Crippen LogP contribution in [-0.4, -0.2) is 32.1 Å². The third kappa shape index (κ3) is 2.83. The minimum Gasteiger partial charge on any atom is -0.507 e. The number of phenols is 1. The number of hydrogen-bond donors (Lipinski definition) is 2. The van der Waals surface area contributed by atoms with Gasteiger partial charge in [0.1, 0.15) is 5.75 Å². The predicted molar refractivity (Wildman–Crippen MR) is 88.1 cm³/mol. The quantitative estimate of drug-likeness (QED) is 0.873. The number of aliphatic hydroxyl groups is 1. The summed E-state index contributed by atoms with van der Waals surface area (Å²) in [5.74, 6) is 2.18. The zero-order valence-corrected chi connectivity index (χ0v) is 13.7. The van der Waals surface area contributed by atoms with Gasteiger partial charge in [-0.2, -0.15) is 0 Å². The lowest BCUT2D eigenvalue weighted by Gasteiger charge is -2.40. The number of phenolic OH excluding ortho intramolecular Hbond substituents is 1. The van der Waals surface area contributed by atoms with E-state index >= 15 is 0 Å². The molecule has 1 aromatic carbocycles. The summed E-state index contributed by atoms with van der Waals surface area (Å²) in [6.07, 6.45) is 2.39. The van der Waals surface area contributed by atoms with Crippen LogP contribution in [-0.2, 0) is 5.60 Å². The molecule has 1 aromatic rings. The molecule has 3 nitrogen and oxygen atoms in total. The Morgan fingerprint density at radius 3 is 2.76 bits per heavy atom. The van der Waals surface area contributed by atoms with Crippen molar-refractivity contribution in [2.75, 3.05) is 11.5 Å². The molecule has 0 spiro atoms. The number of carbonyl (C=O) groups is 1. The van der Waals surface area contributed by atoms with Gasteiger partial charge in [-0.25, -0.2) is 0 Å². The highest BCUT2D eigenvalue weighted by Gasteiger charge is 2.44. The van der Waals surface area contributed by atoms with Crippen LogP contribution in [0.5, 0.6) is 5.75 Å². The first-order valence-electron chi connectivity index (χ1n) is 7.31. The molecule has 2 atom stereocenters. The van der Waals surface area contributed by atoms with Crippen LogP contribution >= 0.6 is 23.5 Å².